The molecule has 1 atom stereocenters. The lowest BCUT2D eigenvalue weighted by atomic mass is 10.1. The summed E-state index contributed by atoms with van der Waals surface area (Å²) in [5, 5.41) is 8.95. The number of sulfonamides is 1. The fraction of sp³-hybridized carbons (Fsp3) is 0.583. The quantitative estimate of drug-likeness (QED) is 0.733. The van der Waals surface area contributed by atoms with E-state index in [1.807, 2.05) is 32.8 Å². The standard InChI is InChI=1S/C12H19BrN2O4S2/c1-7(2)8(6-15(3)4)14-21(18,19)10-5-9(12(16)17)20-11(10)13/h5,7-8,14H,6H2,1-4H3,(H,16,17). The van der Waals surface area contributed by atoms with Crippen LogP contribution in [0.2, 0.25) is 0 Å². The number of aromatic carboxylic acids is 1. The van der Waals surface area contributed by atoms with E-state index >= 15 is 0 Å². The number of hydrogen-bond donors (Lipinski definition) is 2. The maximum Gasteiger partial charge on any atom is 0.345 e. The first kappa shape index (κ1) is 18.6. The van der Waals surface area contributed by atoms with Crippen LogP contribution in [0.4, 0.5) is 0 Å². The zero-order chi connectivity index (χ0) is 16.4. The minimum Gasteiger partial charge on any atom is -0.477 e. The summed E-state index contributed by atoms with van der Waals surface area (Å²) in [6.07, 6.45) is 0. The topological polar surface area (TPSA) is 86.7 Å². The van der Waals surface area contributed by atoms with Crippen molar-refractivity contribution in [3.8, 4) is 0 Å². The molecule has 0 aliphatic carbocycles. The average Bonchev–Trinajstić information content (AvgIpc) is 2.70. The van der Waals surface area contributed by atoms with Crippen LogP contribution in [0.15, 0.2) is 14.7 Å². The normalized spacial score (nSPS) is 13.9. The molecule has 1 rings (SSSR count). The average molecular weight is 399 g/mol. The lowest BCUT2D eigenvalue weighted by Crippen LogP contribution is -2.44. The molecule has 1 unspecified atom stereocenters. The second-order valence-electron chi connectivity index (χ2n) is 5.29. The fourth-order valence-electron chi connectivity index (χ4n) is 1.68. The molecule has 0 amide bonds. The van der Waals surface area contributed by atoms with Gasteiger partial charge in [0.05, 0.1) is 3.79 Å². The van der Waals surface area contributed by atoms with Gasteiger partial charge in [0.15, 0.2) is 0 Å². The van der Waals surface area contributed by atoms with Gasteiger partial charge in [0, 0.05) is 12.6 Å². The van der Waals surface area contributed by atoms with Crippen LogP contribution in [0, 0.1) is 5.92 Å². The van der Waals surface area contributed by atoms with Crippen LogP contribution in [0.25, 0.3) is 0 Å². The number of likely N-dealkylation sites (N-methyl/N-ethyl adjacent to an activating group) is 1. The number of hydrogen-bond acceptors (Lipinski definition) is 5. The molecule has 1 aromatic heterocycles. The van der Waals surface area contributed by atoms with Crippen molar-refractivity contribution >= 4 is 43.3 Å². The van der Waals surface area contributed by atoms with Crippen LogP contribution >= 0.6 is 27.3 Å². The first-order valence-electron chi connectivity index (χ1n) is 6.24. The Morgan fingerprint density at radius 2 is 2.05 bits per heavy atom. The smallest absolute Gasteiger partial charge is 0.345 e. The number of carbonyl (C=O) groups is 1. The highest BCUT2D eigenvalue weighted by Crippen LogP contribution is 2.32. The molecular formula is C12H19BrN2O4S2. The van der Waals surface area contributed by atoms with Crippen molar-refractivity contribution in [1.29, 1.82) is 0 Å². The highest BCUT2D eigenvalue weighted by Gasteiger charge is 2.27. The second kappa shape index (κ2) is 7.19. The summed E-state index contributed by atoms with van der Waals surface area (Å²) in [5.41, 5.74) is 0. The lowest BCUT2D eigenvalue weighted by molar-refractivity contribution is 0.0702. The fourth-order valence-corrected chi connectivity index (χ4v) is 5.46. The number of nitrogens with one attached hydrogen (secondary N) is 1. The monoisotopic (exact) mass is 398 g/mol. The van der Waals surface area contributed by atoms with Gasteiger partial charge in [0.1, 0.15) is 9.77 Å². The van der Waals surface area contributed by atoms with Crippen LogP contribution in [0.5, 0.6) is 0 Å². The number of nitrogens with zero attached hydrogens (tertiary/aromatic N) is 1. The summed E-state index contributed by atoms with van der Waals surface area (Å²) >= 11 is 4.01. The molecule has 0 aliphatic heterocycles. The first-order valence-corrected chi connectivity index (χ1v) is 9.33. The van der Waals surface area contributed by atoms with Crippen molar-refractivity contribution in [3.05, 3.63) is 14.7 Å². The van der Waals surface area contributed by atoms with Gasteiger partial charge in [-0.05, 0) is 42.0 Å². The van der Waals surface area contributed by atoms with E-state index in [4.69, 9.17) is 5.11 Å². The van der Waals surface area contributed by atoms with E-state index < -0.39 is 16.0 Å². The summed E-state index contributed by atoms with van der Waals surface area (Å²) in [6, 6.07) is 0.914. The third-order valence-electron chi connectivity index (χ3n) is 2.83. The van der Waals surface area contributed by atoms with Gasteiger partial charge in [-0.3, -0.25) is 0 Å². The van der Waals surface area contributed by atoms with Gasteiger partial charge in [-0.1, -0.05) is 13.8 Å². The van der Waals surface area contributed by atoms with E-state index in [0.29, 0.717) is 10.3 Å². The van der Waals surface area contributed by atoms with E-state index in [1.54, 1.807) is 0 Å². The lowest BCUT2D eigenvalue weighted by Gasteiger charge is -2.25. The minimum atomic E-state index is -3.77. The maximum absolute atomic E-state index is 12.4. The molecule has 9 heteroatoms. The van der Waals surface area contributed by atoms with Crippen molar-refractivity contribution in [2.45, 2.75) is 24.8 Å². The molecule has 0 fully saturated rings. The van der Waals surface area contributed by atoms with Crippen molar-refractivity contribution in [3.63, 3.8) is 0 Å². The Kier molecular flexibility index (Phi) is 6.36. The summed E-state index contributed by atoms with van der Waals surface area (Å²) in [5.74, 6) is -1.03. The summed E-state index contributed by atoms with van der Waals surface area (Å²) < 4.78 is 27.8. The molecule has 2 N–H and O–H groups in total. The largest absolute Gasteiger partial charge is 0.477 e. The molecule has 1 heterocycles. The third kappa shape index (κ3) is 5.03. The number of halogens is 1. The molecule has 0 saturated heterocycles. The van der Waals surface area contributed by atoms with Crippen LogP contribution in [-0.2, 0) is 10.0 Å². The molecular weight excluding hydrogens is 380 g/mol. The summed E-state index contributed by atoms with van der Waals surface area (Å²) in [4.78, 5) is 12.8. The van der Waals surface area contributed by atoms with Crippen molar-refractivity contribution < 1.29 is 18.3 Å². The number of carboxylic acids is 1. The van der Waals surface area contributed by atoms with Crippen LogP contribution < -0.4 is 4.72 Å². The number of rotatable bonds is 7. The van der Waals surface area contributed by atoms with Crippen molar-refractivity contribution in [2.75, 3.05) is 20.6 Å². The van der Waals surface area contributed by atoms with E-state index in [0.717, 1.165) is 11.3 Å². The molecule has 0 bridgehead atoms. The van der Waals surface area contributed by atoms with E-state index in [2.05, 4.69) is 20.7 Å². The van der Waals surface area contributed by atoms with Gasteiger partial charge in [-0.25, -0.2) is 17.9 Å². The van der Waals surface area contributed by atoms with Gasteiger partial charge in [0.2, 0.25) is 10.0 Å². The molecule has 0 aliphatic rings. The van der Waals surface area contributed by atoms with E-state index in [-0.39, 0.29) is 21.7 Å². The Morgan fingerprint density at radius 3 is 2.43 bits per heavy atom. The Bertz CT molecular complexity index is 611. The summed E-state index contributed by atoms with van der Waals surface area (Å²) in [7, 11) is -0.0344. The molecule has 21 heavy (non-hydrogen) atoms. The Morgan fingerprint density at radius 1 is 1.48 bits per heavy atom. The zero-order valence-electron chi connectivity index (χ0n) is 12.3. The van der Waals surface area contributed by atoms with Crippen molar-refractivity contribution in [2.24, 2.45) is 5.92 Å². The van der Waals surface area contributed by atoms with Gasteiger partial charge in [-0.15, -0.1) is 11.3 Å². The molecule has 120 valence electrons. The Balaban J connectivity index is 3.07. The second-order valence-corrected chi connectivity index (χ2v) is 9.34. The van der Waals surface area contributed by atoms with Crippen LogP contribution in [0.1, 0.15) is 23.5 Å². The molecule has 0 spiro atoms. The van der Waals surface area contributed by atoms with Gasteiger partial charge < -0.3 is 10.0 Å². The molecule has 6 nitrogen and oxygen atoms in total. The van der Waals surface area contributed by atoms with E-state index in [9.17, 15) is 13.2 Å². The predicted octanol–water partition coefficient (Wildman–Crippen LogP) is 2.07. The van der Waals surface area contributed by atoms with Crippen molar-refractivity contribution in [1.82, 2.24) is 9.62 Å². The maximum atomic E-state index is 12.4. The van der Waals surface area contributed by atoms with Crippen LogP contribution in [-0.4, -0.2) is 51.1 Å². The molecule has 0 radical (unpaired) electrons. The third-order valence-corrected chi connectivity index (χ3v) is 6.56. The van der Waals surface area contributed by atoms with Crippen LogP contribution in [0.3, 0.4) is 0 Å². The summed E-state index contributed by atoms with van der Waals surface area (Å²) in [6.45, 7) is 4.43. The van der Waals surface area contributed by atoms with Gasteiger partial charge >= 0.3 is 5.97 Å². The Labute approximate surface area is 137 Å². The molecule has 0 aromatic carbocycles. The van der Waals surface area contributed by atoms with Gasteiger partial charge in [-0.2, -0.15) is 0 Å². The number of thiophene rings is 1. The molecule has 1 aromatic rings. The van der Waals surface area contributed by atoms with Gasteiger partial charge in [0.25, 0.3) is 0 Å². The highest BCUT2D eigenvalue weighted by molar-refractivity contribution is 9.11. The minimum absolute atomic E-state index is 0.0176. The zero-order valence-corrected chi connectivity index (χ0v) is 15.5. The predicted molar refractivity (Wildman–Crippen MR) is 86.5 cm³/mol. The highest BCUT2D eigenvalue weighted by atomic mass is 79.9. The SMILES string of the molecule is CC(C)C(CN(C)C)NS(=O)(=O)c1cc(C(=O)O)sc1Br. The number of carboxylic acid groups (broad SMARTS) is 1. The Hall–Kier alpha value is -0.480. The molecule has 0 saturated carbocycles. The van der Waals surface area contributed by atoms with E-state index in [1.165, 1.54) is 6.07 Å². The first-order chi connectivity index (χ1) is 9.54.